The van der Waals surface area contributed by atoms with Crippen molar-refractivity contribution in [2.45, 2.75) is 26.7 Å². The Kier molecular flexibility index (Phi) is 4.41. The maximum atomic E-state index is 13.0. The van der Waals surface area contributed by atoms with Crippen LogP contribution in [0.4, 0.5) is 10.2 Å². The van der Waals surface area contributed by atoms with Gasteiger partial charge in [0, 0.05) is 17.5 Å². The second-order valence-corrected chi connectivity index (χ2v) is 5.48. The average molecular weight is 327 g/mol. The van der Waals surface area contributed by atoms with Crippen LogP contribution in [0.25, 0.3) is 5.69 Å². The Labute approximate surface area is 138 Å². The second-order valence-electron chi connectivity index (χ2n) is 5.48. The summed E-state index contributed by atoms with van der Waals surface area (Å²) in [4.78, 5) is 12.2. The number of hydrogen-bond donors (Lipinski definition) is 2. The maximum Gasteiger partial charge on any atom is 0.231 e. The normalized spacial score (nSPS) is 10.8. The van der Waals surface area contributed by atoms with Gasteiger partial charge in [0.1, 0.15) is 5.82 Å². The van der Waals surface area contributed by atoms with Crippen molar-refractivity contribution in [3.05, 3.63) is 59.3 Å². The molecule has 2 aromatic heterocycles. The number of rotatable bonds is 5. The Morgan fingerprint density at radius 1 is 1.29 bits per heavy atom. The van der Waals surface area contributed by atoms with E-state index in [2.05, 4.69) is 20.6 Å². The van der Waals surface area contributed by atoms with Crippen LogP contribution in [-0.4, -0.2) is 25.9 Å². The van der Waals surface area contributed by atoms with Crippen LogP contribution in [0, 0.1) is 12.7 Å². The summed E-state index contributed by atoms with van der Waals surface area (Å²) in [6.07, 6.45) is 2.71. The standard InChI is InChI=1S/C17H18FN5O/c1-3-15-11(2)17(21-20-15)19-16(24)10-13-8-9-23(22-13)14-6-4-12(18)5-7-14/h4-9H,3,10H2,1-2H3,(H2,19,20,21,24). The number of amides is 1. The van der Waals surface area contributed by atoms with Crippen molar-refractivity contribution in [3.63, 3.8) is 0 Å². The lowest BCUT2D eigenvalue weighted by Gasteiger charge is -2.02. The highest BCUT2D eigenvalue weighted by Crippen LogP contribution is 2.16. The molecule has 0 saturated heterocycles. The molecule has 24 heavy (non-hydrogen) atoms. The quantitative estimate of drug-likeness (QED) is 0.756. The Bertz CT molecular complexity index is 850. The van der Waals surface area contributed by atoms with Crippen molar-refractivity contribution in [1.82, 2.24) is 20.0 Å². The maximum absolute atomic E-state index is 13.0. The van der Waals surface area contributed by atoms with Crippen molar-refractivity contribution in [2.24, 2.45) is 0 Å². The number of carbonyl (C=O) groups excluding carboxylic acids is 1. The lowest BCUT2D eigenvalue weighted by atomic mass is 10.2. The number of nitrogens with one attached hydrogen (secondary N) is 2. The molecule has 0 spiro atoms. The van der Waals surface area contributed by atoms with Crippen LogP contribution in [0.1, 0.15) is 23.9 Å². The van der Waals surface area contributed by atoms with Gasteiger partial charge in [-0.05, 0) is 43.7 Å². The molecule has 2 N–H and O–H groups in total. The fourth-order valence-corrected chi connectivity index (χ4v) is 2.43. The van der Waals surface area contributed by atoms with Gasteiger partial charge in [-0.15, -0.1) is 0 Å². The van der Waals surface area contributed by atoms with Gasteiger partial charge in [-0.2, -0.15) is 10.2 Å². The molecule has 7 heteroatoms. The SMILES string of the molecule is CCc1[nH]nc(NC(=O)Cc2ccn(-c3ccc(F)cc3)n2)c1C. The summed E-state index contributed by atoms with van der Waals surface area (Å²) in [7, 11) is 0. The van der Waals surface area contributed by atoms with E-state index in [9.17, 15) is 9.18 Å². The number of hydrogen-bond acceptors (Lipinski definition) is 3. The first-order chi connectivity index (χ1) is 11.6. The van der Waals surface area contributed by atoms with Crippen LogP contribution in [0.5, 0.6) is 0 Å². The Morgan fingerprint density at radius 3 is 2.71 bits per heavy atom. The molecule has 0 fully saturated rings. The van der Waals surface area contributed by atoms with E-state index in [1.165, 1.54) is 12.1 Å². The monoisotopic (exact) mass is 327 g/mol. The highest BCUT2D eigenvalue weighted by Gasteiger charge is 2.12. The fraction of sp³-hybridized carbons (Fsp3) is 0.235. The minimum atomic E-state index is -0.300. The van der Waals surface area contributed by atoms with Gasteiger partial charge in [-0.3, -0.25) is 9.89 Å². The Balaban J connectivity index is 1.66. The molecule has 3 aromatic rings. The van der Waals surface area contributed by atoms with Crippen LogP contribution in [-0.2, 0) is 17.6 Å². The zero-order valence-corrected chi connectivity index (χ0v) is 13.5. The molecular formula is C17H18FN5O. The molecule has 124 valence electrons. The predicted molar refractivity (Wildman–Crippen MR) is 88.6 cm³/mol. The van der Waals surface area contributed by atoms with Crippen molar-refractivity contribution >= 4 is 11.7 Å². The molecule has 0 bridgehead atoms. The minimum Gasteiger partial charge on any atom is -0.309 e. The Hall–Kier alpha value is -2.96. The molecule has 0 saturated carbocycles. The molecule has 1 aromatic carbocycles. The molecular weight excluding hydrogens is 309 g/mol. The van der Waals surface area contributed by atoms with Crippen LogP contribution in [0.3, 0.4) is 0 Å². The van der Waals surface area contributed by atoms with Crippen molar-refractivity contribution in [1.29, 1.82) is 0 Å². The highest BCUT2D eigenvalue weighted by atomic mass is 19.1. The molecule has 0 atom stereocenters. The zero-order valence-electron chi connectivity index (χ0n) is 13.5. The van der Waals surface area contributed by atoms with Gasteiger partial charge < -0.3 is 5.32 Å². The van der Waals surface area contributed by atoms with E-state index in [0.29, 0.717) is 11.5 Å². The number of aromatic amines is 1. The van der Waals surface area contributed by atoms with Gasteiger partial charge in [0.25, 0.3) is 0 Å². The first-order valence-electron chi connectivity index (χ1n) is 7.71. The molecule has 0 aliphatic rings. The predicted octanol–water partition coefficient (Wildman–Crippen LogP) is 2.79. The van der Waals surface area contributed by atoms with Gasteiger partial charge >= 0.3 is 0 Å². The van der Waals surface area contributed by atoms with E-state index >= 15 is 0 Å². The van der Waals surface area contributed by atoms with E-state index in [1.807, 2.05) is 13.8 Å². The van der Waals surface area contributed by atoms with E-state index in [-0.39, 0.29) is 18.1 Å². The van der Waals surface area contributed by atoms with Gasteiger partial charge in [-0.1, -0.05) is 6.92 Å². The first-order valence-corrected chi connectivity index (χ1v) is 7.71. The fourth-order valence-electron chi connectivity index (χ4n) is 2.43. The Morgan fingerprint density at radius 2 is 2.04 bits per heavy atom. The molecule has 0 aliphatic carbocycles. The second kappa shape index (κ2) is 6.66. The summed E-state index contributed by atoms with van der Waals surface area (Å²) < 4.78 is 14.6. The van der Waals surface area contributed by atoms with E-state index in [0.717, 1.165) is 23.4 Å². The van der Waals surface area contributed by atoms with Gasteiger partial charge in [0.15, 0.2) is 5.82 Å². The third-order valence-electron chi connectivity index (χ3n) is 3.80. The number of halogens is 1. The lowest BCUT2D eigenvalue weighted by Crippen LogP contribution is -2.16. The van der Waals surface area contributed by atoms with E-state index < -0.39 is 0 Å². The van der Waals surface area contributed by atoms with Gasteiger partial charge in [-0.25, -0.2) is 9.07 Å². The summed E-state index contributed by atoms with van der Waals surface area (Å²) >= 11 is 0. The smallest absolute Gasteiger partial charge is 0.231 e. The topological polar surface area (TPSA) is 75.6 Å². The first kappa shape index (κ1) is 15.9. The summed E-state index contributed by atoms with van der Waals surface area (Å²) in [6, 6.07) is 7.76. The summed E-state index contributed by atoms with van der Waals surface area (Å²) in [5, 5.41) is 14.1. The zero-order chi connectivity index (χ0) is 17.1. The van der Waals surface area contributed by atoms with Crippen molar-refractivity contribution < 1.29 is 9.18 Å². The van der Waals surface area contributed by atoms with E-state index in [1.54, 1.807) is 29.1 Å². The van der Waals surface area contributed by atoms with Crippen molar-refractivity contribution in [3.8, 4) is 5.69 Å². The molecule has 2 heterocycles. The molecule has 3 rings (SSSR count). The van der Waals surface area contributed by atoms with Gasteiger partial charge in [0.05, 0.1) is 17.8 Å². The number of H-pyrrole nitrogens is 1. The van der Waals surface area contributed by atoms with Crippen LogP contribution in [0.2, 0.25) is 0 Å². The molecule has 1 amide bonds. The summed E-state index contributed by atoms with van der Waals surface area (Å²) in [5.74, 6) is 0.0674. The molecule has 6 nitrogen and oxygen atoms in total. The number of nitrogens with zero attached hydrogens (tertiary/aromatic N) is 3. The number of aryl methyl sites for hydroxylation is 1. The van der Waals surface area contributed by atoms with E-state index in [4.69, 9.17) is 0 Å². The number of carbonyl (C=O) groups is 1. The largest absolute Gasteiger partial charge is 0.309 e. The molecule has 0 radical (unpaired) electrons. The summed E-state index contributed by atoms with van der Waals surface area (Å²) in [5.41, 5.74) is 3.31. The molecule has 0 aliphatic heterocycles. The van der Waals surface area contributed by atoms with Crippen molar-refractivity contribution in [2.75, 3.05) is 5.32 Å². The number of anilines is 1. The number of aromatic nitrogens is 4. The van der Waals surface area contributed by atoms with Crippen LogP contribution >= 0.6 is 0 Å². The third kappa shape index (κ3) is 3.34. The van der Waals surface area contributed by atoms with Crippen LogP contribution < -0.4 is 5.32 Å². The number of benzene rings is 1. The lowest BCUT2D eigenvalue weighted by molar-refractivity contribution is -0.115. The van der Waals surface area contributed by atoms with Gasteiger partial charge in [0.2, 0.25) is 5.91 Å². The average Bonchev–Trinajstić information content (AvgIpc) is 3.16. The highest BCUT2D eigenvalue weighted by molar-refractivity contribution is 5.91. The minimum absolute atomic E-state index is 0.141. The molecule has 0 unspecified atom stereocenters. The third-order valence-corrected chi connectivity index (χ3v) is 3.80. The summed E-state index contributed by atoms with van der Waals surface area (Å²) in [6.45, 7) is 3.94. The van der Waals surface area contributed by atoms with Crippen LogP contribution in [0.15, 0.2) is 36.5 Å².